The van der Waals surface area contributed by atoms with Crippen molar-refractivity contribution in [1.29, 1.82) is 0 Å². The molecule has 2 aromatic rings. The Balaban J connectivity index is 2.27. The number of carbonyl (C=O) groups excluding carboxylic acids is 1. The smallest absolute Gasteiger partial charge is 0.251 e. The number of halogens is 2. The topological polar surface area (TPSA) is 66.5 Å². The van der Waals surface area contributed by atoms with Gasteiger partial charge < -0.3 is 5.32 Å². The van der Waals surface area contributed by atoms with E-state index in [0.717, 1.165) is 18.2 Å². The molecule has 1 atom stereocenters. The van der Waals surface area contributed by atoms with Crippen molar-refractivity contribution < 1.29 is 13.2 Å². The van der Waals surface area contributed by atoms with Crippen LogP contribution >= 0.6 is 23.2 Å². The fraction of sp³-hybridized carbons (Fsp3) is 0.316. The molecule has 0 aliphatic rings. The lowest BCUT2D eigenvalue weighted by molar-refractivity contribution is 0.0939. The molecule has 146 valence electrons. The van der Waals surface area contributed by atoms with Crippen molar-refractivity contribution in [3.05, 3.63) is 63.6 Å². The maximum absolute atomic E-state index is 12.3. The van der Waals surface area contributed by atoms with Gasteiger partial charge in [0.05, 0.1) is 28.5 Å². The van der Waals surface area contributed by atoms with Crippen molar-refractivity contribution >= 4 is 44.8 Å². The minimum absolute atomic E-state index is 0.0756. The van der Waals surface area contributed by atoms with Crippen molar-refractivity contribution in [3.8, 4) is 0 Å². The Labute approximate surface area is 170 Å². The molecular formula is C19H22Cl2N2O3S. The number of rotatable bonds is 7. The highest BCUT2D eigenvalue weighted by Gasteiger charge is 2.21. The van der Waals surface area contributed by atoms with Crippen molar-refractivity contribution in [2.75, 3.05) is 10.6 Å². The largest absolute Gasteiger partial charge is 0.350 e. The normalized spacial score (nSPS) is 12.5. The van der Waals surface area contributed by atoms with E-state index in [2.05, 4.69) is 5.32 Å². The summed E-state index contributed by atoms with van der Waals surface area (Å²) in [5.41, 5.74) is 1.55. The van der Waals surface area contributed by atoms with Crippen molar-refractivity contribution in [2.24, 2.45) is 0 Å². The Morgan fingerprint density at radius 2 is 1.78 bits per heavy atom. The second-order valence-electron chi connectivity index (χ2n) is 6.32. The number of sulfonamides is 1. The van der Waals surface area contributed by atoms with Gasteiger partial charge in [-0.1, -0.05) is 48.3 Å². The standard InChI is InChI=1S/C19H22Cl2N2O3S/c1-4-13(2)22-19(24)15-10-8-14(9-11-15)12-23(27(3,25)26)17-7-5-6-16(20)18(17)21/h5-11,13H,4,12H2,1-3H3,(H,22,24)/t13-/m1/s1. The second-order valence-corrected chi connectivity index (χ2v) is 9.01. The molecule has 2 rings (SSSR count). The first-order chi connectivity index (χ1) is 12.6. The molecule has 0 saturated carbocycles. The lowest BCUT2D eigenvalue weighted by Crippen LogP contribution is -2.32. The third-order valence-corrected chi connectivity index (χ3v) is 6.07. The minimum atomic E-state index is -3.59. The van der Waals surface area contributed by atoms with Crippen LogP contribution in [0.1, 0.15) is 36.2 Å². The van der Waals surface area contributed by atoms with Gasteiger partial charge in [-0.2, -0.15) is 0 Å². The summed E-state index contributed by atoms with van der Waals surface area (Å²) in [4.78, 5) is 12.2. The first-order valence-corrected chi connectivity index (χ1v) is 11.1. The van der Waals surface area contributed by atoms with Crippen LogP contribution in [0.5, 0.6) is 0 Å². The molecule has 0 radical (unpaired) electrons. The third kappa shape index (κ3) is 5.61. The van der Waals surface area contributed by atoms with E-state index in [9.17, 15) is 13.2 Å². The molecule has 0 aliphatic heterocycles. The van der Waals surface area contributed by atoms with Gasteiger partial charge in [0.25, 0.3) is 5.91 Å². The van der Waals surface area contributed by atoms with Crippen LogP contribution < -0.4 is 9.62 Å². The van der Waals surface area contributed by atoms with Crippen LogP contribution in [0.2, 0.25) is 10.0 Å². The number of nitrogens with one attached hydrogen (secondary N) is 1. The van der Waals surface area contributed by atoms with Gasteiger partial charge in [0.2, 0.25) is 10.0 Å². The molecule has 0 spiro atoms. The molecule has 0 heterocycles. The Morgan fingerprint density at radius 3 is 2.33 bits per heavy atom. The molecule has 0 fully saturated rings. The van der Waals surface area contributed by atoms with E-state index in [-0.39, 0.29) is 28.5 Å². The summed E-state index contributed by atoms with van der Waals surface area (Å²) in [7, 11) is -3.59. The fourth-order valence-electron chi connectivity index (χ4n) is 2.40. The Hall–Kier alpha value is -1.76. The van der Waals surface area contributed by atoms with Crippen LogP contribution in [-0.2, 0) is 16.6 Å². The molecule has 0 aliphatic carbocycles. The molecular weight excluding hydrogens is 407 g/mol. The number of hydrogen-bond acceptors (Lipinski definition) is 3. The lowest BCUT2D eigenvalue weighted by Gasteiger charge is -2.24. The summed E-state index contributed by atoms with van der Waals surface area (Å²) in [6.07, 6.45) is 1.95. The van der Waals surface area contributed by atoms with Gasteiger partial charge in [-0.25, -0.2) is 8.42 Å². The predicted molar refractivity (Wildman–Crippen MR) is 111 cm³/mol. The van der Waals surface area contributed by atoms with Gasteiger partial charge in [-0.3, -0.25) is 9.10 Å². The first kappa shape index (κ1) is 21.5. The van der Waals surface area contributed by atoms with Crippen LogP contribution in [0.25, 0.3) is 0 Å². The van der Waals surface area contributed by atoms with E-state index < -0.39 is 10.0 Å². The average molecular weight is 429 g/mol. The lowest BCUT2D eigenvalue weighted by atomic mass is 10.1. The highest BCUT2D eigenvalue weighted by molar-refractivity contribution is 7.92. The Morgan fingerprint density at radius 1 is 1.15 bits per heavy atom. The average Bonchev–Trinajstić information content (AvgIpc) is 2.61. The summed E-state index contributed by atoms with van der Waals surface area (Å²) >= 11 is 12.2. The predicted octanol–water partition coefficient (Wildman–Crippen LogP) is 4.49. The second kappa shape index (κ2) is 8.95. The van der Waals surface area contributed by atoms with E-state index >= 15 is 0 Å². The maximum Gasteiger partial charge on any atom is 0.251 e. The van der Waals surface area contributed by atoms with Crippen LogP contribution in [0.4, 0.5) is 5.69 Å². The van der Waals surface area contributed by atoms with Crippen molar-refractivity contribution in [1.82, 2.24) is 5.32 Å². The highest BCUT2D eigenvalue weighted by atomic mass is 35.5. The number of carbonyl (C=O) groups is 1. The quantitative estimate of drug-likeness (QED) is 0.706. The molecule has 27 heavy (non-hydrogen) atoms. The molecule has 1 amide bonds. The van der Waals surface area contributed by atoms with E-state index in [1.807, 2.05) is 13.8 Å². The van der Waals surface area contributed by atoms with Crippen LogP contribution in [0.15, 0.2) is 42.5 Å². The molecule has 0 saturated heterocycles. The molecule has 0 unspecified atom stereocenters. The third-order valence-electron chi connectivity index (χ3n) is 4.13. The molecule has 5 nitrogen and oxygen atoms in total. The highest BCUT2D eigenvalue weighted by Crippen LogP contribution is 2.34. The number of nitrogens with zero attached hydrogens (tertiary/aromatic N) is 1. The van der Waals surface area contributed by atoms with E-state index in [1.165, 1.54) is 4.31 Å². The zero-order chi connectivity index (χ0) is 20.2. The summed E-state index contributed by atoms with van der Waals surface area (Å²) in [6, 6.07) is 11.7. The molecule has 8 heteroatoms. The van der Waals surface area contributed by atoms with Gasteiger partial charge in [0.1, 0.15) is 0 Å². The van der Waals surface area contributed by atoms with Gasteiger partial charge in [0.15, 0.2) is 0 Å². The maximum atomic E-state index is 12.3. The monoisotopic (exact) mass is 428 g/mol. The zero-order valence-corrected chi connectivity index (χ0v) is 17.7. The van der Waals surface area contributed by atoms with E-state index in [1.54, 1.807) is 42.5 Å². The first-order valence-electron chi connectivity index (χ1n) is 8.45. The number of benzene rings is 2. The SMILES string of the molecule is CC[C@@H](C)NC(=O)c1ccc(CN(c2cccc(Cl)c2Cl)S(C)(=O)=O)cc1. The summed E-state index contributed by atoms with van der Waals surface area (Å²) in [5.74, 6) is -0.159. The zero-order valence-electron chi connectivity index (χ0n) is 15.4. The van der Waals surface area contributed by atoms with E-state index in [4.69, 9.17) is 23.2 Å². The summed E-state index contributed by atoms with van der Waals surface area (Å²) in [5, 5.41) is 3.35. The van der Waals surface area contributed by atoms with Gasteiger partial charge in [-0.15, -0.1) is 0 Å². The molecule has 0 aromatic heterocycles. The van der Waals surface area contributed by atoms with Gasteiger partial charge >= 0.3 is 0 Å². The molecule has 1 N–H and O–H groups in total. The summed E-state index contributed by atoms with van der Waals surface area (Å²) < 4.78 is 25.8. The van der Waals surface area contributed by atoms with E-state index in [0.29, 0.717) is 11.3 Å². The Kier molecular flexibility index (Phi) is 7.14. The number of anilines is 1. The number of amides is 1. The van der Waals surface area contributed by atoms with Gasteiger partial charge in [0, 0.05) is 11.6 Å². The Bertz CT molecular complexity index is 915. The van der Waals surface area contributed by atoms with Crippen molar-refractivity contribution in [3.63, 3.8) is 0 Å². The van der Waals surface area contributed by atoms with Crippen molar-refractivity contribution in [2.45, 2.75) is 32.9 Å². The molecule has 2 aromatic carbocycles. The summed E-state index contributed by atoms with van der Waals surface area (Å²) in [6.45, 7) is 4.01. The van der Waals surface area contributed by atoms with Crippen LogP contribution in [0, 0.1) is 0 Å². The number of hydrogen-bond donors (Lipinski definition) is 1. The van der Waals surface area contributed by atoms with Crippen LogP contribution in [0.3, 0.4) is 0 Å². The fourth-order valence-corrected chi connectivity index (χ4v) is 3.74. The van der Waals surface area contributed by atoms with Gasteiger partial charge in [-0.05, 0) is 43.2 Å². The van der Waals surface area contributed by atoms with Crippen LogP contribution in [-0.4, -0.2) is 26.6 Å². The minimum Gasteiger partial charge on any atom is -0.350 e. The molecule has 0 bridgehead atoms.